The summed E-state index contributed by atoms with van der Waals surface area (Å²) in [5.74, 6) is -0.0223. The van der Waals surface area contributed by atoms with Crippen molar-refractivity contribution in [3.8, 4) is 0 Å². The van der Waals surface area contributed by atoms with Crippen LogP contribution in [0.5, 0.6) is 0 Å². The van der Waals surface area contributed by atoms with Crippen molar-refractivity contribution in [1.29, 1.82) is 0 Å². The molecule has 0 fully saturated rings. The highest BCUT2D eigenvalue weighted by Gasteiger charge is 2.19. The normalized spacial score (nSPS) is 12.0. The van der Waals surface area contributed by atoms with Crippen molar-refractivity contribution < 1.29 is 9.53 Å². The molecular weight excluding hydrogens is 322 g/mol. The van der Waals surface area contributed by atoms with Crippen LogP contribution in [0.1, 0.15) is 13.3 Å². The topological polar surface area (TPSA) is 67.6 Å². The lowest BCUT2D eigenvalue weighted by Crippen LogP contribution is -2.44. The van der Waals surface area contributed by atoms with E-state index < -0.39 is 0 Å². The second-order valence-electron chi connectivity index (χ2n) is 4.63. The van der Waals surface area contributed by atoms with Crippen molar-refractivity contribution in [1.82, 2.24) is 5.32 Å². The van der Waals surface area contributed by atoms with Gasteiger partial charge in [0.2, 0.25) is 5.91 Å². The third-order valence-electron chi connectivity index (χ3n) is 3.15. The molecule has 0 aliphatic rings. The maximum atomic E-state index is 12.1. The number of nitrogens with one attached hydrogen (secondary N) is 1. The van der Waals surface area contributed by atoms with Gasteiger partial charge >= 0.3 is 0 Å². The van der Waals surface area contributed by atoms with Crippen LogP contribution in [0.3, 0.4) is 0 Å². The second kappa shape index (κ2) is 8.11. The molecule has 112 valence electrons. The lowest BCUT2D eigenvalue weighted by Gasteiger charge is -2.27. The fraction of sp³-hybridized carbons (Fsp3) is 0.500. The number of carbonyl (C=O) groups excluding carboxylic acids is 1. The van der Waals surface area contributed by atoms with E-state index in [0.717, 1.165) is 16.6 Å². The van der Waals surface area contributed by atoms with Crippen LogP contribution < -0.4 is 16.0 Å². The van der Waals surface area contributed by atoms with E-state index in [1.165, 1.54) is 0 Å². The first-order valence-corrected chi connectivity index (χ1v) is 7.31. The van der Waals surface area contributed by atoms with E-state index in [4.69, 9.17) is 10.5 Å². The predicted molar refractivity (Wildman–Crippen MR) is 85.9 cm³/mol. The number of halogens is 1. The molecule has 0 aliphatic heterocycles. The highest BCUT2D eigenvalue weighted by atomic mass is 79.9. The number of amides is 1. The summed E-state index contributed by atoms with van der Waals surface area (Å²) in [7, 11) is 3.51. The van der Waals surface area contributed by atoms with Crippen LogP contribution in [0.4, 0.5) is 11.4 Å². The van der Waals surface area contributed by atoms with Gasteiger partial charge in [-0.3, -0.25) is 4.79 Å². The van der Waals surface area contributed by atoms with E-state index in [9.17, 15) is 4.79 Å². The molecular formula is C14H22BrN3O2. The van der Waals surface area contributed by atoms with Crippen molar-refractivity contribution in [2.75, 3.05) is 37.9 Å². The number of nitrogens with two attached hydrogens (primary N) is 1. The minimum Gasteiger partial charge on any atom is -0.397 e. The van der Waals surface area contributed by atoms with E-state index in [2.05, 4.69) is 21.2 Å². The summed E-state index contributed by atoms with van der Waals surface area (Å²) in [5, 5.41) is 2.89. The van der Waals surface area contributed by atoms with Gasteiger partial charge in [0.1, 0.15) is 6.04 Å². The van der Waals surface area contributed by atoms with Gasteiger partial charge in [0, 0.05) is 31.8 Å². The maximum absolute atomic E-state index is 12.1. The number of ether oxygens (including phenoxy) is 1. The van der Waals surface area contributed by atoms with Gasteiger partial charge in [0.05, 0.1) is 11.4 Å². The molecule has 0 spiro atoms. The van der Waals surface area contributed by atoms with E-state index in [-0.39, 0.29) is 11.9 Å². The molecule has 1 aromatic carbocycles. The summed E-state index contributed by atoms with van der Waals surface area (Å²) in [6.07, 6.45) is 0.805. The van der Waals surface area contributed by atoms with Crippen LogP contribution in [0, 0.1) is 0 Å². The van der Waals surface area contributed by atoms with Gasteiger partial charge in [-0.1, -0.05) is 15.9 Å². The van der Waals surface area contributed by atoms with Gasteiger partial charge in [-0.05, 0) is 31.5 Å². The minimum absolute atomic E-state index is 0.0223. The van der Waals surface area contributed by atoms with E-state index in [1.54, 1.807) is 7.11 Å². The zero-order valence-electron chi connectivity index (χ0n) is 12.1. The smallest absolute Gasteiger partial charge is 0.242 e. The third kappa shape index (κ3) is 4.68. The molecule has 0 saturated carbocycles. The minimum atomic E-state index is -0.291. The molecule has 1 amide bonds. The number of hydrogen-bond donors (Lipinski definition) is 2. The zero-order valence-corrected chi connectivity index (χ0v) is 13.7. The molecule has 1 aromatic rings. The molecule has 0 aliphatic carbocycles. The Balaban J connectivity index is 2.61. The van der Waals surface area contributed by atoms with Crippen molar-refractivity contribution >= 4 is 33.2 Å². The number of benzene rings is 1. The Kier molecular flexibility index (Phi) is 6.81. The van der Waals surface area contributed by atoms with Gasteiger partial charge in [0.25, 0.3) is 0 Å². The summed E-state index contributed by atoms with van der Waals surface area (Å²) in [6, 6.07) is 5.34. The summed E-state index contributed by atoms with van der Waals surface area (Å²) >= 11 is 3.37. The summed E-state index contributed by atoms with van der Waals surface area (Å²) in [6.45, 7) is 3.11. The number of likely N-dealkylation sites (N-methyl/N-ethyl adjacent to an activating group) is 1. The Morgan fingerprint density at radius 2 is 2.25 bits per heavy atom. The molecule has 0 bridgehead atoms. The number of hydrogen-bond acceptors (Lipinski definition) is 4. The van der Waals surface area contributed by atoms with E-state index >= 15 is 0 Å². The molecule has 6 heteroatoms. The molecule has 1 unspecified atom stereocenters. The first-order valence-electron chi connectivity index (χ1n) is 6.52. The van der Waals surface area contributed by atoms with Gasteiger partial charge in [-0.15, -0.1) is 0 Å². The lowest BCUT2D eigenvalue weighted by atomic mass is 10.2. The first kappa shape index (κ1) is 16.8. The van der Waals surface area contributed by atoms with Gasteiger partial charge in [0.15, 0.2) is 0 Å². The highest BCUT2D eigenvalue weighted by molar-refractivity contribution is 9.10. The van der Waals surface area contributed by atoms with Crippen LogP contribution in [0.25, 0.3) is 0 Å². The zero-order chi connectivity index (χ0) is 15.1. The quantitative estimate of drug-likeness (QED) is 0.587. The average molecular weight is 344 g/mol. The second-order valence-corrected chi connectivity index (χ2v) is 5.54. The fourth-order valence-electron chi connectivity index (χ4n) is 1.81. The molecule has 5 nitrogen and oxygen atoms in total. The number of rotatable bonds is 7. The van der Waals surface area contributed by atoms with E-state index in [1.807, 2.05) is 37.1 Å². The molecule has 3 N–H and O–H groups in total. The Labute approximate surface area is 128 Å². The van der Waals surface area contributed by atoms with Crippen molar-refractivity contribution in [2.45, 2.75) is 19.4 Å². The summed E-state index contributed by atoms with van der Waals surface area (Å²) in [4.78, 5) is 13.9. The van der Waals surface area contributed by atoms with Crippen LogP contribution in [0.15, 0.2) is 22.7 Å². The number of anilines is 2. The molecule has 0 radical (unpaired) electrons. The molecule has 0 saturated heterocycles. The Hall–Kier alpha value is -1.27. The number of nitrogens with zero attached hydrogens (tertiary/aromatic N) is 1. The van der Waals surface area contributed by atoms with Crippen LogP contribution in [-0.2, 0) is 9.53 Å². The third-order valence-corrected chi connectivity index (χ3v) is 3.65. The number of nitrogen functional groups attached to an aromatic ring is 1. The lowest BCUT2D eigenvalue weighted by molar-refractivity contribution is -0.122. The van der Waals surface area contributed by atoms with Crippen molar-refractivity contribution in [3.63, 3.8) is 0 Å². The number of methoxy groups -OCH3 is 1. The Morgan fingerprint density at radius 1 is 1.55 bits per heavy atom. The van der Waals surface area contributed by atoms with Gasteiger partial charge < -0.3 is 20.7 Å². The molecule has 1 atom stereocenters. The standard InChI is InChI=1S/C14H22BrN3O2/c1-10(14(19)17-7-4-8-20-3)18(2)13-6-5-11(15)9-12(13)16/h5-6,9-10H,4,7-8,16H2,1-3H3,(H,17,19). The molecule has 0 aromatic heterocycles. The van der Waals surface area contributed by atoms with Crippen LogP contribution in [0.2, 0.25) is 0 Å². The fourth-order valence-corrected chi connectivity index (χ4v) is 2.19. The van der Waals surface area contributed by atoms with E-state index in [0.29, 0.717) is 18.8 Å². The van der Waals surface area contributed by atoms with Crippen molar-refractivity contribution in [3.05, 3.63) is 22.7 Å². The van der Waals surface area contributed by atoms with Crippen LogP contribution in [-0.4, -0.2) is 39.3 Å². The summed E-state index contributed by atoms with van der Waals surface area (Å²) in [5.41, 5.74) is 7.46. The van der Waals surface area contributed by atoms with Gasteiger partial charge in [-0.2, -0.15) is 0 Å². The molecule has 20 heavy (non-hydrogen) atoms. The molecule has 0 heterocycles. The van der Waals surface area contributed by atoms with Gasteiger partial charge in [-0.25, -0.2) is 0 Å². The first-order chi connectivity index (χ1) is 9.47. The highest BCUT2D eigenvalue weighted by Crippen LogP contribution is 2.27. The SMILES string of the molecule is COCCCNC(=O)C(C)N(C)c1ccc(Br)cc1N. The summed E-state index contributed by atoms with van der Waals surface area (Å²) < 4.78 is 5.87. The van der Waals surface area contributed by atoms with Crippen LogP contribution >= 0.6 is 15.9 Å². The Morgan fingerprint density at radius 3 is 2.85 bits per heavy atom. The predicted octanol–water partition coefficient (Wildman–Crippen LogP) is 2.01. The largest absolute Gasteiger partial charge is 0.397 e. The molecule has 1 rings (SSSR count). The maximum Gasteiger partial charge on any atom is 0.242 e. The monoisotopic (exact) mass is 343 g/mol. The Bertz CT molecular complexity index is 454. The number of carbonyl (C=O) groups is 1. The van der Waals surface area contributed by atoms with Crippen molar-refractivity contribution in [2.24, 2.45) is 0 Å². The average Bonchev–Trinajstić information content (AvgIpc) is 2.42.